The second-order valence-corrected chi connectivity index (χ2v) is 7.59. The van der Waals surface area contributed by atoms with Gasteiger partial charge < -0.3 is 14.7 Å². The molecule has 1 aromatic rings. The molecule has 7 heteroatoms. The number of aliphatic carboxylic acids is 1. The third kappa shape index (κ3) is 4.09. The fourth-order valence-electron chi connectivity index (χ4n) is 3.41. The van der Waals surface area contributed by atoms with E-state index in [4.69, 9.17) is 16.3 Å². The summed E-state index contributed by atoms with van der Waals surface area (Å²) in [6.07, 6.45) is 4.01. The van der Waals surface area contributed by atoms with Crippen LogP contribution in [0.4, 0.5) is 0 Å². The van der Waals surface area contributed by atoms with Gasteiger partial charge in [-0.25, -0.2) is 4.79 Å². The number of halogens is 1. The van der Waals surface area contributed by atoms with E-state index in [0.717, 1.165) is 29.3 Å². The van der Waals surface area contributed by atoms with Crippen LogP contribution in [0.1, 0.15) is 12.5 Å². The fraction of sp³-hybridized carbons (Fsp3) is 0.421. The van der Waals surface area contributed by atoms with Crippen molar-refractivity contribution >= 4 is 29.3 Å². The molecular formula is C19H23ClN2O3S. The van der Waals surface area contributed by atoms with E-state index in [-0.39, 0.29) is 6.17 Å². The van der Waals surface area contributed by atoms with E-state index >= 15 is 0 Å². The summed E-state index contributed by atoms with van der Waals surface area (Å²) in [5.41, 5.74) is 2.29. The molecule has 2 aliphatic rings. The number of hydrogen-bond acceptors (Lipinski definition) is 5. The summed E-state index contributed by atoms with van der Waals surface area (Å²) in [4.78, 5) is 16.4. The molecule has 140 valence electrons. The average molecular weight is 395 g/mol. The Kier molecular flexibility index (Phi) is 6.29. The first-order valence-corrected chi connectivity index (χ1v) is 10.1. The number of ether oxygens (including phenoxy) is 1. The summed E-state index contributed by atoms with van der Waals surface area (Å²) in [5, 5.41) is 11.2. The molecule has 5 nitrogen and oxygen atoms in total. The molecule has 2 heterocycles. The number of hydrogen-bond donors (Lipinski definition) is 1. The van der Waals surface area contributed by atoms with Crippen molar-refractivity contribution in [3.8, 4) is 0 Å². The van der Waals surface area contributed by atoms with Crippen molar-refractivity contribution in [1.82, 2.24) is 9.80 Å². The Morgan fingerprint density at radius 1 is 1.31 bits per heavy atom. The highest BCUT2D eigenvalue weighted by atomic mass is 35.5. The van der Waals surface area contributed by atoms with Crippen molar-refractivity contribution in [3.63, 3.8) is 0 Å². The SMILES string of the molecule is CSC1=C(C(=O)O)C(C)=CC(N2CCOCC2)N1Cc1ccc(Cl)cc1. The lowest BCUT2D eigenvalue weighted by Gasteiger charge is -2.44. The van der Waals surface area contributed by atoms with Crippen LogP contribution in [0.3, 0.4) is 0 Å². The molecule has 1 saturated heterocycles. The predicted octanol–water partition coefficient (Wildman–Crippen LogP) is 3.42. The summed E-state index contributed by atoms with van der Waals surface area (Å²) >= 11 is 7.49. The maximum Gasteiger partial charge on any atom is 0.338 e. The van der Waals surface area contributed by atoms with Crippen LogP contribution in [0.5, 0.6) is 0 Å². The average Bonchev–Trinajstić information content (AvgIpc) is 2.64. The zero-order chi connectivity index (χ0) is 18.7. The predicted molar refractivity (Wildman–Crippen MR) is 105 cm³/mol. The van der Waals surface area contributed by atoms with Gasteiger partial charge in [-0.15, -0.1) is 11.8 Å². The normalized spacial score (nSPS) is 21.7. The number of morpholine rings is 1. The molecule has 3 rings (SSSR count). The summed E-state index contributed by atoms with van der Waals surface area (Å²) in [7, 11) is 0. The molecule has 1 unspecified atom stereocenters. The molecule has 0 aromatic heterocycles. The zero-order valence-electron chi connectivity index (χ0n) is 14.9. The van der Waals surface area contributed by atoms with Crippen LogP contribution < -0.4 is 0 Å². The van der Waals surface area contributed by atoms with E-state index in [1.807, 2.05) is 37.4 Å². The molecule has 2 aliphatic heterocycles. The summed E-state index contributed by atoms with van der Waals surface area (Å²) in [6, 6.07) is 7.71. The molecule has 1 aromatic carbocycles. The molecule has 0 spiro atoms. The number of thioether (sulfide) groups is 1. The maximum absolute atomic E-state index is 11.9. The lowest BCUT2D eigenvalue weighted by Crippen LogP contribution is -2.52. The molecule has 1 fully saturated rings. The van der Waals surface area contributed by atoms with Gasteiger partial charge in [0.25, 0.3) is 0 Å². The third-order valence-corrected chi connectivity index (χ3v) is 5.76. The molecule has 0 bridgehead atoms. The third-order valence-electron chi connectivity index (χ3n) is 4.68. The number of nitrogens with zero attached hydrogens (tertiary/aromatic N) is 2. The van der Waals surface area contributed by atoms with E-state index < -0.39 is 5.97 Å². The topological polar surface area (TPSA) is 53.0 Å². The van der Waals surface area contributed by atoms with Crippen molar-refractivity contribution < 1.29 is 14.6 Å². The minimum Gasteiger partial charge on any atom is -0.478 e. The Labute approximate surface area is 163 Å². The van der Waals surface area contributed by atoms with Crippen LogP contribution >= 0.6 is 23.4 Å². The second kappa shape index (κ2) is 8.48. The van der Waals surface area contributed by atoms with Crippen molar-refractivity contribution in [2.75, 3.05) is 32.6 Å². The first kappa shape index (κ1) is 19.3. The van der Waals surface area contributed by atoms with Crippen molar-refractivity contribution in [2.45, 2.75) is 19.6 Å². The van der Waals surface area contributed by atoms with Gasteiger partial charge in [-0.2, -0.15) is 0 Å². The van der Waals surface area contributed by atoms with E-state index in [9.17, 15) is 9.90 Å². The van der Waals surface area contributed by atoms with Crippen LogP contribution in [0.15, 0.2) is 46.5 Å². The Morgan fingerprint density at radius 3 is 2.54 bits per heavy atom. The summed E-state index contributed by atoms with van der Waals surface area (Å²) in [6.45, 7) is 5.55. The monoisotopic (exact) mass is 394 g/mol. The number of carboxylic acids is 1. The van der Waals surface area contributed by atoms with E-state index in [2.05, 4.69) is 15.9 Å². The minimum absolute atomic E-state index is 0.0140. The number of benzene rings is 1. The smallest absolute Gasteiger partial charge is 0.338 e. The van der Waals surface area contributed by atoms with Crippen molar-refractivity contribution in [3.05, 3.63) is 57.1 Å². The van der Waals surface area contributed by atoms with E-state index in [0.29, 0.717) is 30.4 Å². The maximum atomic E-state index is 11.9. The molecule has 0 radical (unpaired) electrons. The van der Waals surface area contributed by atoms with E-state index in [1.54, 1.807) is 0 Å². The van der Waals surface area contributed by atoms with Gasteiger partial charge in [-0.05, 0) is 42.5 Å². The molecule has 0 saturated carbocycles. The Bertz CT molecular complexity index is 727. The summed E-state index contributed by atoms with van der Waals surface area (Å²) in [5.74, 6) is -0.885. The largest absolute Gasteiger partial charge is 0.478 e. The molecule has 1 atom stereocenters. The molecule has 0 amide bonds. The Hall–Kier alpha value is -1.47. The Morgan fingerprint density at radius 2 is 1.96 bits per heavy atom. The van der Waals surface area contributed by atoms with E-state index in [1.165, 1.54) is 11.8 Å². The minimum atomic E-state index is -0.885. The van der Waals surface area contributed by atoms with Gasteiger partial charge in [0, 0.05) is 24.7 Å². The number of rotatable bonds is 5. The standard InChI is InChI=1S/C19H23ClN2O3S/c1-13-11-16(21-7-9-25-10-8-21)22(18(26-2)17(13)19(23)24)12-14-3-5-15(20)6-4-14/h3-6,11,16H,7-10,12H2,1-2H3,(H,23,24). The van der Waals surface area contributed by atoms with Gasteiger partial charge in [0.15, 0.2) is 0 Å². The summed E-state index contributed by atoms with van der Waals surface area (Å²) < 4.78 is 5.49. The Balaban J connectivity index is 1.99. The van der Waals surface area contributed by atoms with Gasteiger partial charge in [-0.3, -0.25) is 4.90 Å². The number of carboxylic acid groups (broad SMARTS) is 1. The van der Waals surface area contributed by atoms with Gasteiger partial charge in [0.1, 0.15) is 6.17 Å². The first-order valence-electron chi connectivity index (χ1n) is 8.54. The molecule has 0 aliphatic carbocycles. The highest BCUT2D eigenvalue weighted by Crippen LogP contribution is 2.36. The van der Waals surface area contributed by atoms with Crippen LogP contribution in [-0.4, -0.2) is 59.6 Å². The van der Waals surface area contributed by atoms with Gasteiger partial charge in [-0.1, -0.05) is 23.7 Å². The fourth-order valence-corrected chi connectivity index (χ4v) is 4.39. The van der Waals surface area contributed by atoms with Gasteiger partial charge in [0.05, 0.1) is 23.8 Å². The number of carbonyl (C=O) groups is 1. The van der Waals surface area contributed by atoms with Gasteiger partial charge in [0.2, 0.25) is 0 Å². The van der Waals surface area contributed by atoms with Crippen molar-refractivity contribution in [2.24, 2.45) is 0 Å². The van der Waals surface area contributed by atoms with Crippen LogP contribution in [0.25, 0.3) is 0 Å². The van der Waals surface area contributed by atoms with Crippen LogP contribution in [-0.2, 0) is 16.1 Å². The molecular weight excluding hydrogens is 372 g/mol. The van der Waals surface area contributed by atoms with Crippen molar-refractivity contribution in [1.29, 1.82) is 0 Å². The van der Waals surface area contributed by atoms with Gasteiger partial charge >= 0.3 is 5.97 Å². The quantitative estimate of drug-likeness (QED) is 0.825. The lowest BCUT2D eigenvalue weighted by atomic mass is 10.0. The van der Waals surface area contributed by atoms with Crippen LogP contribution in [0, 0.1) is 0 Å². The first-order chi connectivity index (χ1) is 12.5. The molecule has 26 heavy (non-hydrogen) atoms. The molecule has 1 N–H and O–H groups in total. The second-order valence-electron chi connectivity index (χ2n) is 6.36. The van der Waals surface area contributed by atoms with Crippen LogP contribution in [0.2, 0.25) is 5.02 Å². The highest BCUT2D eigenvalue weighted by molar-refractivity contribution is 8.02. The highest BCUT2D eigenvalue weighted by Gasteiger charge is 2.34. The zero-order valence-corrected chi connectivity index (χ0v) is 16.5. The lowest BCUT2D eigenvalue weighted by molar-refractivity contribution is -0.132.